The van der Waals surface area contributed by atoms with Gasteiger partial charge in [-0.15, -0.1) is 0 Å². The Hall–Kier alpha value is -2.50. The highest BCUT2D eigenvalue weighted by Crippen LogP contribution is 2.16. The van der Waals surface area contributed by atoms with E-state index in [1.807, 2.05) is 49.5 Å². The Morgan fingerprint density at radius 2 is 1.50 bits per heavy atom. The van der Waals surface area contributed by atoms with E-state index in [1.165, 1.54) is 0 Å². The van der Waals surface area contributed by atoms with Crippen molar-refractivity contribution in [3.8, 4) is 5.75 Å². The fraction of sp³-hybridized carbons (Fsp3) is 0.188. The number of methoxy groups -OCH3 is 1. The maximum atomic E-state index is 12.4. The number of halogens is 3. The maximum Gasteiger partial charge on any atom is 0.211 e. The lowest BCUT2D eigenvalue weighted by Gasteiger charge is -1.99. The molecule has 120 valence electrons. The van der Waals surface area contributed by atoms with Gasteiger partial charge in [0.05, 0.1) is 7.11 Å². The van der Waals surface area contributed by atoms with Crippen molar-refractivity contribution < 1.29 is 22.7 Å². The number of amides is 1. The number of rotatable bonds is 3. The Balaban J connectivity index is 0.000000382. The van der Waals surface area contributed by atoms with Crippen LogP contribution in [0.2, 0.25) is 0 Å². The zero-order valence-corrected chi connectivity index (χ0v) is 12.6. The number of carbonyl (C=O) groups is 1. The zero-order chi connectivity index (χ0) is 17.0. The summed E-state index contributed by atoms with van der Waals surface area (Å²) in [7, 11) is 1.66. The molecule has 0 aliphatic heterocycles. The highest BCUT2D eigenvalue weighted by Gasteiger charge is 2.09. The fourth-order valence-electron chi connectivity index (χ4n) is 1.26. The molecule has 0 bridgehead atoms. The second kappa shape index (κ2) is 11.2. The van der Waals surface area contributed by atoms with Gasteiger partial charge < -0.3 is 10.1 Å². The van der Waals surface area contributed by atoms with Crippen LogP contribution in [0, 0.1) is 17.5 Å². The highest BCUT2D eigenvalue weighted by molar-refractivity contribution is 5.70. The smallest absolute Gasteiger partial charge is 0.211 e. The minimum absolute atomic E-state index is 0.124. The number of carbonyl (C=O) groups excluding carboxylic acids is 1. The third kappa shape index (κ3) is 6.78. The molecular weight excluding hydrogens is 295 g/mol. The molecule has 0 aliphatic rings. The summed E-state index contributed by atoms with van der Waals surface area (Å²) in [5, 5.41) is 1.99. The van der Waals surface area contributed by atoms with Crippen molar-refractivity contribution in [3.63, 3.8) is 0 Å². The molecular formula is C16H18F3NO2. The van der Waals surface area contributed by atoms with E-state index in [-0.39, 0.29) is 12.1 Å². The van der Waals surface area contributed by atoms with Gasteiger partial charge in [0, 0.05) is 17.8 Å². The monoisotopic (exact) mass is 313 g/mol. The number of anilines is 1. The van der Waals surface area contributed by atoms with E-state index in [4.69, 9.17) is 4.74 Å². The van der Waals surface area contributed by atoms with E-state index in [9.17, 15) is 18.0 Å². The van der Waals surface area contributed by atoms with Crippen LogP contribution >= 0.6 is 0 Å². The van der Waals surface area contributed by atoms with Crippen molar-refractivity contribution in [2.75, 3.05) is 12.4 Å². The molecule has 0 fully saturated rings. The fourth-order valence-corrected chi connectivity index (χ4v) is 1.26. The lowest BCUT2D eigenvalue weighted by atomic mass is 10.3. The number of para-hydroxylation sites is 1. The van der Waals surface area contributed by atoms with E-state index in [1.54, 1.807) is 7.11 Å². The van der Waals surface area contributed by atoms with E-state index in [2.05, 4.69) is 0 Å². The van der Waals surface area contributed by atoms with E-state index < -0.39 is 17.5 Å². The first-order chi connectivity index (χ1) is 10.6. The number of nitrogens with one attached hydrogen (secondary N) is 1. The number of ether oxygens (including phenoxy) is 1. The van der Waals surface area contributed by atoms with Crippen LogP contribution in [0.3, 0.4) is 0 Å². The SMILES string of the molecule is CC.COc1ccccc1.O=CNc1cc(F)c(F)c(F)c1. The molecule has 0 aliphatic carbocycles. The molecule has 0 aromatic heterocycles. The molecule has 0 saturated carbocycles. The largest absolute Gasteiger partial charge is 0.497 e. The van der Waals surface area contributed by atoms with Gasteiger partial charge in [0.2, 0.25) is 6.41 Å². The van der Waals surface area contributed by atoms with Crippen molar-refractivity contribution in [2.45, 2.75) is 13.8 Å². The average molecular weight is 313 g/mol. The van der Waals surface area contributed by atoms with Gasteiger partial charge in [0.25, 0.3) is 0 Å². The lowest BCUT2D eigenvalue weighted by Crippen LogP contribution is -1.98. The summed E-state index contributed by atoms with van der Waals surface area (Å²) >= 11 is 0. The predicted octanol–water partition coefficient (Wildman–Crippen LogP) is 4.39. The minimum Gasteiger partial charge on any atom is -0.497 e. The van der Waals surface area contributed by atoms with Crippen molar-refractivity contribution in [1.29, 1.82) is 0 Å². The van der Waals surface area contributed by atoms with Crippen LogP contribution in [-0.4, -0.2) is 13.5 Å². The molecule has 2 aromatic carbocycles. The molecule has 0 radical (unpaired) electrons. The summed E-state index contributed by atoms with van der Waals surface area (Å²) in [5.41, 5.74) is -0.124. The van der Waals surface area contributed by atoms with Crippen LogP contribution in [0.4, 0.5) is 18.9 Å². The second-order valence-corrected chi connectivity index (χ2v) is 3.53. The zero-order valence-electron chi connectivity index (χ0n) is 12.6. The maximum absolute atomic E-state index is 12.4. The molecule has 0 heterocycles. The van der Waals surface area contributed by atoms with Gasteiger partial charge in [0.15, 0.2) is 17.5 Å². The van der Waals surface area contributed by atoms with Crippen LogP contribution in [0.15, 0.2) is 42.5 Å². The van der Waals surface area contributed by atoms with Crippen LogP contribution < -0.4 is 10.1 Å². The molecule has 2 rings (SSSR count). The van der Waals surface area contributed by atoms with Gasteiger partial charge >= 0.3 is 0 Å². The second-order valence-electron chi connectivity index (χ2n) is 3.53. The Morgan fingerprint density at radius 3 is 1.86 bits per heavy atom. The van der Waals surface area contributed by atoms with E-state index in [0.29, 0.717) is 12.1 Å². The minimum atomic E-state index is -1.55. The topological polar surface area (TPSA) is 38.3 Å². The number of benzene rings is 2. The number of hydrogen-bond donors (Lipinski definition) is 1. The van der Waals surface area contributed by atoms with Crippen molar-refractivity contribution in [2.24, 2.45) is 0 Å². The van der Waals surface area contributed by atoms with E-state index in [0.717, 1.165) is 5.75 Å². The average Bonchev–Trinajstić information content (AvgIpc) is 2.56. The summed E-state index contributed by atoms with van der Waals surface area (Å²) in [4.78, 5) is 9.83. The lowest BCUT2D eigenvalue weighted by molar-refractivity contribution is -0.105. The van der Waals surface area contributed by atoms with Gasteiger partial charge in [-0.25, -0.2) is 13.2 Å². The summed E-state index contributed by atoms with van der Waals surface area (Å²) < 4.78 is 42.0. The van der Waals surface area contributed by atoms with Gasteiger partial charge in [-0.05, 0) is 12.1 Å². The Bertz CT molecular complexity index is 540. The molecule has 6 heteroatoms. The third-order valence-electron chi connectivity index (χ3n) is 2.19. The van der Waals surface area contributed by atoms with Crippen molar-refractivity contribution >= 4 is 12.1 Å². The summed E-state index contributed by atoms with van der Waals surface area (Å²) in [6.07, 6.45) is 0.242. The summed E-state index contributed by atoms with van der Waals surface area (Å²) in [5.74, 6) is -3.31. The molecule has 1 amide bonds. The van der Waals surface area contributed by atoms with Gasteiger partial charge in [-0.1, -0.05) is 32.0 Å². The third-order valence-corrected chi connectivity index (χ3v) is 2.19. The normalized spacial score (nSPS) is 8.64. The molecule has 0 unspecified atom stereocenters. The molecule has 0 atom stereocenters. The van der Waals surface area contributed by atoms with Crippen molar-refractivity contribution in [3.05, 3.63) is 59.9 Å². The van der Waals surface area contributed by atoms with Gasteiger partial charge in [-0.3, -0.25) is 4.79 Å². The standard InChI is InChI=1S/C7H4F3NO.C7H8O.C2H6/c8-5-1-4(11-3-12)2-6(9)7(5)10;1-8-7-5-3-2-4-6-7;1-2/h1-3H,(H,11,12);2-6H,1H3;1-2H3. The molecule has 2 aromatic rings. The van der Waals surface area contributed by atoms with Crippen LogP contribution in [0.5, 0.6) is 5.75 Å². The van der Waals surface area contributed by atoms with Crippen molar-refractivity contribution in [1.82, 2.24) is 0 Å². The van der Waals surface area contributed by atoms with Gasteiger partial charge in [0.1, 0.15) is 5.75 Å². The van der Waals surface area contributed by atoms with Crippen LogP contribution in [-0.2, 0) is 4.79 Å². The molecule has 0 saturated heterocycles. The number of hydrogen-bond acceptors (Lipinski definition) is 2. The quantitative estimate of drug-likeness (QED) is 0.674. The van der Waals surface area contributed by atoms with Crippen LogP contribution in [0.25, 0.3) is 0 Å². The first-order valence-corrected chi connectivity index (χ1v) is 6.52. The van der Waals surface area contributed by atoms with Crippen LogP contribution in [0.1, 0.15) is 13.8 Å². The molecule has 0 spiro atoms. The first kappa shape index (κ1) is 19.5. The predicted molar refractivity (Wildman–Crippen MR) is 80.3 cm³/mol. The Labute approximate surface area is 127 Å². The Kier molecular flexibility index (Phi) is 9.92. The summed E-state index contributed by atoms with van der Waals surface area (Å²) in [6, 6.07) is 11.1. The molecule has 1 N–H and O–H groups in total. The summed E-state index contributed by atoms with van der Waals surface area (Å²) in [6.45, 7) is 4.00. The molecule has 3 nitrogen and oxygen atoms in total. The highest BCUT2D eigenvalue weighted by atomic mass is 19.2. The van der Waals surface area contributed by atoms with E-state index >= 15 is 0 Å². The Morgan fingerprint density at radius 1 is 1.00 bits per heavy atom. The molecule has 22 heavy (non-hydrogen) atoms. The first-order valence-electron chi connectivity index (χ1n) is 6.52. The van der Waals surface area contributed by atoms with Gasteiger partial charge in [-0.2, -0.15) is 0 Å².